The maximum absolute atomic E-state index is 12.1. The summed E-state index contributed by atoms with van der Waals surface area (Å²) in [5, 5.41) is 2.85. The summed E-state index contributed by atoms with van der Waals surface area (Å²) >= 11 is 0. The molecule has 2 rings (SSSR count). The first-order valence-corrected chi connectivity index (χ1v) is 6.05. The van der Waals surface area contributed by atoms with Crippen LogP contribution < -0.4 is 5.32 Å². The maximum Gasteiger partial charge on any atom is 0.320 e. The predicted octanol–water partition coefficient (Wildman–Crippen LogP) is -0.351. The number of hydrogen-bond donors (Lipinski definition) is 1. The maximum atomic E-state index is 12.1. The van der Waals surface area contributed by atoms with Gasteiger partial charge in [0.15, 0.2) is 0 Å². The number of rotatable bonds is 1. The van der Waals surface area contributed by atoms with Gasteiger partial charge in [-0.2, -0.15) is 0 Å². The molecule has 0 bridgehead atoms. The van der Waals surface area contributed by atoms with E-state index in [1.54, 1.807) is 0 Å². The van der Waals surface area contributed by atoms with E-state index in [1.165, 1.54) is 6.92 Å². The van der Waals surface area contributed by atoms with E-state index >= 15 is 0 Å². The van der Waals surface area contributed by atoms with Crippen molar-refractivity contribution in [3.63, 3.8) is 0 Å². The summed E-state index contributed by atoms with van der Waals surface area (Å²) in [6.45, 7) is 5.42. The van der Waals surface area contributed by atoms with Crippen molar-refractivity contribution >= 4 is 11.9 Å². The van der Waals surface area contributed by atoms with Gasteiger partial charge in [0.1, 0.15) is 0 Å². The van der Waals surface area contributed by atoms with Crippen LogP contribution in [0.25, 0.3) is 0 Å². The first-order valence-electron chi connectivity index (χ1n) is 6.05. The zero-order valence-corrected chi connectivity index (χ0v) is 10.1. The van der Waals surface area contributed by atoms with Crippen LogP contribution in [0.3, 0.4) is 0 Å². The van der Waals surface area contributed by atoms with Crippen molar-refractivity contribution in [2.45, 2.75) is 19.4 Å². The zero-order valence-electron chi connectivity index (χ0n) is 10.1. The van der Waals surface area contributed by atoms with Gasteiger partial charge >= 0.3 is 6.03 Å². The van der Waals surface area contributed by atoms with E-state index < -0.39 is 0 Å². The Balaban J connectivity index is 1.82. The molecule has 6 nitrogen and oxygen atoms in total. The minimum Gasteiger partial charge on any atom is -0.378 e. The fourth-order valence-electron chi connectivity index (χ4n) is 2.29. The quantitative estimate of drug-likeness (QED) is 0.682. The molecule has 0 aromatic rings. The minimum atomic E-state index is -0.0318. The van der Waals surface area contributed by atoms with Crippen LogP contribution in [-0.2, 0) is 9.53 Å². The molecule has 0 aromatic heterocycles. The third-order valence-electron chi connectivity index (χ3n) is 3.15. The number of ether oxygens (including phenoxy) is 1. The third-order valence-corrected chi connectivity index (χ3v) is 3.15. The van der Waals surface area contributed by atoms with Crippen molar-refractivity contribution in [1.82, 2.24) is 15.1 Å². The summed E-state index contributed by atoms with van der Waals surface area (Å²) in [5.41, 5.74) is 0. The Bertz CT molecular complexity index is 302. The molecule has 2 heterocycles. The molecule has 96 valence electrons. The lowest BCUT2D eigenvalue weighted by atomic mass is 10.3. The number of likely N-dealkylation sites (tertiary alicyclic amines) is 1. The van der Waals surface area contributed by atoms with Gasteiger partial charge in [-0.15, -0.1) is 0 Å². The van der Waals surface area contributed by atoms with Crippen molar-refractivity contribution < 1.29 is 14.3 Å². The van der Waals surface area contributed by atoms with Crippen molar-refractivity contribution in [3.05, 3.63) is 0 Å². The van der Waals surface area contributed by atoms with Gasteiger partial charge in [-0.3, -0.25) is 4.79 Å². The van der Waals surface area contributed by atoms with E-state index in [1.807, 2.05) is 9.80 Å². The van der Waals surface area contributed by atoms with Crippen LogP contribution in [0.4, 0.5) is 4.79 Å². The minimum absolute atomic E-state index is 0.0318. The lowest BCUT2D eigenvalue weighted by Gasteiger charge is -2.30. The highest BCUT2D eigenvalue weighted by Gasteiger charge is 2.30. The fourth-order valence-corrected chi connectivity index (χ4v) is 2.29. The van der Waals surface area contributed by atoms with E-state index in [0.717, 1.165) is 13.0 Å². The van der Waals surface area contributed by atoms with E-state index in [-0.39, 0.29) is 18.0 Å². The molecule has 2 aliphatic rings. The van der Waals surface area contributed by atoms with Crippen molar-refractivity contribution in [2.24, 2.45) is 0 Å². The number of amides is 3. The molecule has 1 atom stereocenters. The van der Waals surface area contributed by atoms with Gasteiger partial charge in [-0.25, -0.2) is 4.79 Å². The Kier molecular flexibility index (Phi) is 3.83. The molecule has 0 aliphatic carbocycles. The molecule has 3 amide bonds. The largest absolute Gasteiger partial charge is 0.378 e. The first kappa shape index (κ1) is 12.2. The van der Waals surface area contributed by atoms with Gasteiger partial charge in [0, 0.05) is 39.1 Å². The lowest BCUT2D eigenvalue weighted by molar-refractivity contribution is -0.119. The molecule has 2 aliphatic heterocycles. The van der Waals surface area contributed by atoms with Crippen LogP contribution in [0.15, 0.2) is 0 Å². The Morgan fingerprint density at radius 3 is 2.53 bits per heavy atom. The lowest BCUT2D eigenvalue weighted by Crippen LogP contribution is -2.48. The molecule has 6 heteroatoms. The number of urea groups is 1. The van der Waals surface area contributed by atoms with Crippen LogP contribution in [0.1, 0.15) is 13.3 Å². The van der Waals surface area contributed by atoms with Gasteiger partial charge in [0.25, 0.3) is 0 Å². The van der Waals surface area contributed by atoms with Gasteiger partial charge in [-0.05, 0) is 6.42 Å². The molecule has 0 radical (unpaired) electrons. The third kappa shape index (κ3) is 3.09. The van der Waals surface area contributed by atoms with Crippen LogP contribution in [0.2, 0.25) is 0 Å². The number of nitrogens with zero attached hydrogens (tertiary/aromatic N) is 2. The highest BCUT2D eigenvalue weighted by molar-refractivity contribution is 5.76. The molecule has 0 spiro atoms. The molecule has 2 saturated heterocycles. The summed E-state index contributed by atoms with van der Waals surface area (Å²) in [5.74, 6) is -0.0318. The smallest absolute Gasteiger partial charge is 0.320 e. The average molecular weight is 241 g/mol. The van der Waals surface area contributed by atoms with Crippen LogP contribution in [0, 0.1) is 0 Å². The van der Waals surface area contributed by atoms with Gasteiger partial charge < -0.3 is 19.9 Å². The molecule has 0 aromatic carbocycles. The predicted molar refractivity (Wildman–Crippen MR) is 61.6 cm³/mol. The van der Waals surface area contributed by atoms with Crippen molar-refractivity contribution in [3.8, 4) is 0 Å². The van der Waals surface area contributed by atoms with Gasteiger partial charge in [0.2, 0.25) is 5.91 Å². The Labute approximate surface area is 101 Å². The van der Waals surface area contributed by atoms with E-state index in [4.69, 9.17) is 4.74 Å². The molecule has 1 unspecified atom stereocenters. The van der Waals surface area contributed by atoms with E-state index in [0.29, 0.717) is 32.8 Å². The van der Waals surface area contributed by atoms with E-state index in [2.05, 4.69) is 5.32 Å². The monoisotopic (exact) mass is 241 g/mol. The van der Waals surface area contributed by atoms with Crippen LogP contribution >= 0.6 is 0 Å². The molecule has 1 N–H and O–H groups in total. The van der Waals surface area contributed by atoms with Gasteiger partial charge in [0.05, 0.1) is 13.2 Å². The second-order valence-electron chi connectivity index (χ2n) is 4.51. The molecular weight excluding hydrogens is 222 g/mol. The molecule has 0 saturated carbocycles. The van der Waals surface area contributed by atoms with Crippen molar-refractivity contribution in [1.29, 1.82) is 0 Å². The number of carbonyl (C=O) groups excluding carboxylic acids is 2. The first-order chi connectivity index (χ1) is 8.16. The van der Waals surface area contributed by atoms with Crippen LogP contribution in [-0.4, -0.2) is 67.2 Å². The Morgan fingerprint density at radius 1 is 1.18 bits per heavy atom. The molecule has 17 heavy (non-hydrogen) atoms. The summed E-state index contributed by atoms with van der Waals surface area (Å²) in [6, 6.07) is 0.179. The number of carbonyl (C=O) groups is 2. The molecule has 2 fully saturated rings. The standard InChI is InChI=1S/C11H19N3O3/c1-9(15)12-10-2-3-14(8-10)11(16)13-4-6-17-7-5-13/h10H,2-8H2,1H3,(H,12,15). The van der Waals surface area contributed by atoms with Crippen molar-refractivity contribution in [2.75, 3.05) is 39.4 Å². The van der Waals surface area contributed by atoms with E-state index in [9.17, 15) is 9.59 Å². The summed E-state index contributed by atoms with van der Waals surface area (Å²) in [7, 11) is 0. The fraction of sp³-hybridized carbons (Fsp3) is 0.818. The summed E-state index contributed by atoms with van der Waals surface area (Å²) in [4.78, 5) is 26.7. The second kappa shape index (κ2) is 5.35. The number of hydrogen-bond acceptors (Lipinski definition) is 3. The number of nitrogens with one attached hydrogen (secondary N) is 1. The topological polar surface area (TPSA) is 61.9 Å². The normalized spacial score (nSPS) is 24.9. The molecular formula is C11H19N3O3. The highest BCUT2D eigenvalue weighted by atomic mass is 16.5. The Hall–Kier alpha value is -1.30. The second-order valence-corrected chi connectivity index (χ2v) is 4.51. The summed E-state index contributed by atoms with van der Waals surface area (Å²) < 4.78 is 5.22. The number of morpholine rings is 1. The summed E-state index contributed by atoms with van der Waals surface area (Å²) in [6.07, 6.45) is 0.843. The SMILES string of the molecule is CC(=O)NC1CCN(C(=O)N2CCOCC2)C1. The highest BCUT2D eigenvalue weighted by Crippen LogP contribution is 2.12. The van der Waals surface area contributed by atoms with Crippen LogP contribution in [0.5, 0.6) is 0 Å². The average Bonchev–Trinajstić information content (AvgIpc) is 2.77. The zero-order chi connectivity index (χ0) is 12.3. The Morgan fingerprint density at radius 2 is 1.88 bits per heavy atom. The van der Waals surface area contributed by atoms with Gasteiger partial charge in [-0.1, -0.05) is 0 Å².